The number of alkyl halides is 6. The van der Waals surface area contributed by atoms with Gasteiger partial charge in [0.15, 0.2) is 13.2 Å². The van der Waals surface area contributed by atoms with Gasteiger partial charge >= 0.3 is 12.4 Å². The van der Waals surface area contributed by atoms with Crippen LogP contribution in [0.2, 0.25) is 0 Å². The molecule has 0 saturated carbocycles. The normalized spacial score (nSPS) is 13.2. The molecule has 0 heterocycles. The third kappa shape index (κ3) is 23.9. The van der Waals surface area contributed by atoms with E-state index in [1.807, 2.05) is 0 Å². The first-order chi connectivity index (χ1) is 10.5. The standard InChI is InChI=1S/C8H18N.C4H5F6O4P/c1-7(2)5-9-6-8(3)4;5-3(6,7)1-13-15(11,12)14-2-4(8,9)10/h7-8H,5-6H2,1-4H3;1-2H2,(H,11,12)/q-1;/p-1. The summed E-state index contributed by atoms with van der Waals surface area (Å²) in [7, 11) is -5.58. The molecule has 24 heavy (non-hydrogen) atoms. The fourth-order valence-corrected chi connectivity index (χ4v) is 1.62. The zero-order valence-electron chi connectivity index (χ0n) is 13.8. The fourth-order valence-electron chi connectivity index (χ4n) is 0.933. The summed E-state index contributed by atoms with van der Waals surface area (Å²) in [6, 6.07) is 0. The molecule has 0 fully saturated rings. The Bertz CT molecular complexity index is 344. The van der Waals surface area contributed by atoms with Gasteiger partial charge in [-0.15, -0.1) is 13.1 Å². The summed E-state index contributed by atoms with van der Waals surface area (Å²) >= 11 is 0. The monoisotopic (exact) mass is 389 g/mol. The number of halogens is 6. The third-order valence-corrected chi connectivity index (χ3v) is 2.65. The Morgan fingerprint density at radius 2 is 1.17 bits per heavy atom. The summed E-state index contributed by atoms with van der Waals surface area (Å²) in [5.74, 6) is 1.45. The van der Waals surface area contributed by atoms with Crippen LogP contribution in [-0.4, -0.2) is 38.7 Å². The molecule has 0 N–H and O–H groups in total. The molecule has 0 amide bonds. The minimum Gasteiger partial charge on any atom is -0.756 e. The molecule has 12 heteroatoms. The SMILES string of the molecule is CC(C)C[N-]CC(C)C.O=P([O-])(OCC(F)(F)F)OCC(F)(F)F. The van der Waals surface area contributed by atoms with E-state index >= 15 is 0 Å². The molecular formula is C12H22F6NO4P-2. The number of phosphoric acid groups is 1. The summed E-state index contributed by atoms with van der Waals surface area (Å²) in [5.41, 5.74) is 0. The predicted molar refractivity (Wildman–Crippen MR) is 74.4 cm³/mol. The van der Waals surface area contributed by atoms with E-state index in [-0.39, 0.29) is 0 Å². The van der Waals surface area contributed by atoms with Gasteiger partial charge in [0.25, 0.3) is 7.82 Å². The van der Waals surface area contributed by atoms with E-state index in [0.29, 0.717) is 0 Å². The first kappa shape index (κ1) is 25.9. The average Bonchev–Trinajstić information content (AvgIpc) is 2.33. The summed E-state index contributed by atoms with van der Waals surface area (Å²) in [6.45, 7) is 6.38. The smallest absolute Gasteiger partial charge is 0.412 e. The maximum Gasteiger partial charge on any atom is 0.412 e. The van der Waals surface area contributed by atoms with E-state index in [0.717, 1.165) is 24.9 Å². The highest BCUT2D eigenvalue weighted by molar-refractivity contribution is 7.45. The quantitative estimate of drug-likeness (QED) is 0.459. The van der Waals surface area contributed by atoms with E-state index in [4.69, 9.17) is 0 Å². The highest BCUT2D eigenvalue weighted by atomic mass is 31.2. The lowest BCUT2D eigenvalue weighted by atomic mass is 10.2. The van der Waals surface area contributed by atoms with Crippen LogP contribution in [0.5, 0.6) is 0 Å². The molecule has 0 unspecified atom stereocenters. The van der Waals surface area contributed by atoms with Crippen molar-refractivity contribution in [2.45, 2.75) is 40.0 Å². The van der Waals surface area contributed by atoms with Crippen molar-refractivity contribution in [1.29, 1.82) is 0 Å². The van der Waals surface area contributed by atoms with Crippen LogP contribution >= 0.6 is 7.82 Å². The molecule has 5 nitrogen and oxygen atoms in total. The summed E-state index contributed by atoms with van der Waals surface area (Å²) in [4.78, 5) is 10.3. The van der Waals surface area contributed by atoms with Gasteiger partial charge in [-0.1, -0.05) is 39.5 Å². The van der Waals surface area contributed by atoms with Gasteiger partial charge in [0.05, 0.1) is 0 Å². The van der Waals surface area contributed by atoms with E-state index in [1.165, 1.54) is 0 Å². The molecule has 0 saturated heterocycles. The lowest BCUT2D eigenvalue weighted by Gasteiger charge is -2.23. The second-order valence-corrected chi connectivity index (χ2v) is 7.01. The van der Waals surface area contributed by atoms with Gasteiger partial charge in [0, 0.05) is 0 Å². The van der Waals surface area contributed by atoms with Crippen molar-refractivity contribution in [3.05, 3.63) is 5.32 Å². The molecule has 0 rings (SSSR count). The van der Waals surface area contributed by atoms with Gasteiger partial charge in [0.1, 0.15) is 0 Å². The number of hydrogen-bond donors (Lipinski definition) is 0. The lowest BCUT2D eigenvalue weighted by molar-refractivity contribution is -0.251. The lowest BCUT2D eigenvalue weighted by Crippen LogP contribution is -2.23. The van der Waals surface area contributed by atoms with Gasteiger partial charge in [-0.05, 0) is 0 Å². The molecular weight excluding hydrogens is 367 g/mol. The number of phosphoric ester groups is 1. The largest absolute Gasteiger partial charge is 0.756 e. The Hall–Kier alpha value is -0.350. The van der Waals surface area contributed by atoms with Crippen LogP contribution in [0.15, 0.2) is 0 Å². The van der Waals surface area contributed by atoms with E-state index < -0.39 is 33.4 Å². The molecule has 0 aliphatic heterocycles. The maximum atomic E-state index is 11.4. The Kier molecular flexibility index (Phi) is 12.2. The van der Waals surface area contributed by atoms with Gasteiger partial charge in [0.2, 0.25) is 0 Å². The Morgan fingerprint density at radius 3 is 1.38 bits per heavy atom. The van der Waals surface area contributed by atoms with Gasteiger partial charge in [-0.2, -0.15) is 26.3 Å². The summed E-state index contributed by atoms with van der Waals surface area (Å²) in [6.07, 6.45) is -9.94. The molecule has 148 valence electrons. The van der Waals surface area contributed by atoms with Crippen molar-refractivity contribution in [3.8, 4) is 0 Å². The number of rotatable bonds is 8. The molecule has 0 atom stereocenters. The highest BCUT2D eigenvalue weighted by Crippen LogP contribution is 2.41. The summed E-state index contributed by atoms with van der Waals surface area (Å²) in [5, 5.41) is 4.37. The maximum absolute atomic E-state index is 11.4. The van der Waals surface area contributed by atoms with Crippen LogP contribution in [0.25, 0.3) is 5.32 Å². The van der Waals surface area contributed by atoms with Crippen LogP contribution in [0.1, 0.15) is 27.7 Å². The van der Waals surface area contributed by atoms with Crippen LogP contribution in [0.4, 0.5) is 26.3 Å². The first-order valence-corrected chi connectivity index (χ1v) is 8.37. The van der Waals surface area contributed by atoms with Crippen molar-refractivity contribution >= 4 is 7.82 Å². The molecule has 0 aliphatic carbocycles. The topological polar surface area (TPSA) is 72.7 Å². The van der Waals surface area contributed by atoms with Crippen molar-refractivity contribution < 1.29 is 44.8 Å². The average molecular weight is 389 g/mol. The third-order valence-electron chi connectivity index (χ3n) is 1.76. The second-order valence-electron chi connectivity index (χ2n) is 5.60. The van der Waals surface area contributed by atoms with E-state index in [1.54, 1.807) is 0 Å². The molecule has 0 bridgehead atoms. The van der Waals surface area contributed by atoms with Gasteiger partial charge < -0.3 is 19.3 Å². The number of hydrogen-bond acceptors (Lipinski definition) is 4. The fraction of sp³-hybridized carbons (Fsp3) is 1.00. The zero-order valence-corrected chi connectivity index (χ0v) is 14.7. The molecule has 0 aromatic carbocycles. The minimum atomic E-state index is -5.58. The highest BCUT2D eigenvalue weighted by Gasteiger charge is 2.33. The van der Waals surface area contributed by atoms with Crippen molar-refractivity contribution in [3.63, 3.8) is 0 Å². The predicted octanol–water partition coefficient (Wildman–Crippen LogP) is 4.28. The van der Waals surface area contributed by atoms with Crippen molar-refractivity contribution in [2.75, 3.05) is 26.3 Å². The Balaban J connectivity index is 0. The molecule has 0 radical (unpaired) electrons. The van der Waals surface area contributed by atoms with E-state index in [2.05, 4.69) is 42.1 Å². The Labute approximate surface area is 137 Å². The van der Waals surface area contributed by atoms with Crippen LogP contribution in [0, 0.1) is 11.8 Å². The first-order valence-electron chi connectivity index (χ1n) is 6.91. The Morgan fingerprint density at radius 1 is 0.875 bits per heavy atom. The second kappa shape index (κ2) is 11.3. The number of nitrogens with zero attached hydrogens (tertiary/aromatic N) is 1. The zero-order chi connectivity index (χ0) is 19.6. The van der Waals surface area contributed by atoms with E-state index in [9.17, 15) is 35.8 Å². The van der Waals surface area contributed by atoms with Gasteiger partial charge in [-0.25, -0.2) is 0 Å². The summed E-state index contributed by atoms with van der Waals surface area (Å²) < 4.78 is 85.0. The van der Waals surface area contributed by atoms with Crippen LogP contribution < -0.4 is 4.89 Å². The van der Waals surface area contributed by atoms with Crippen molar-refractivity contribution in [1.82, 2.24) is 0 Å². The molecule has 0 spiro atoms. The van der Waals surface area contributed by atoms with Gasteiger partial charge in [-0.3, -0.25) is 4.57 Å². The van der Waals surface area contributed by atoms with Crippen LogP contribution in [0.3, 0.4) is 0 Å². The molecule has 0 aromatic rings. The van der Waals surface area contributed by atoms with Crippen molar-refractivity contribution in [2.24, 2.45) is 11.8 Å². The molecule has 0 aliphatic rings. The molecule has 0 aromatic heterocycles. The van der Waals surface area contributed by atoms with Crippen LogP contribution in [-0.2, 0) is 13.6 Å². The minimum absolute atomic E-state index is 0.726.